The summed E-state index contributed by atoms with van der Waals surface area (Å²) in [7, 11) is 0.135. The molecule has 0 amide bonds. The highest BCUT2D eigenvalue weighted by Crippen LogP contribution is 2.37. The maximum absolute atomic E-state index is 2.31. The Kier molecular flexibility index (Phi) is 1.79. The molecule has 8 heavy (non-hydrogen) atoms. The lowest BCUT2D eigenvalue weighted by Gasteiger charge is -2.12. The summed E-state index contributed by atoms with van der Waals surface area (Å²) < 4.78 is 0. The van der Waals surface area contributed by atoms with Crippen LogP contribution < -0.4 is 0 Å². The Morgan fingerprint density at radius 1 is 1.12 bits per heavy atom. The van der Waals surface area contributed by atoms with E-state index < -0.39 is 0 Å². The highest BCUT2D eigenvalue weighted by atomic mass is 32.2. The van der Waals surface area contributed by atoms with Gasteiger partial charge in [0.05, 0.1) is 0 Å². The molecule has 0 aliphatic carbocycles. The van der Waals surface area contributed by atoms with E-state index in [4.69, 9.17) is 0 Å². The van der Waals surface area contributed by atoms with Gasteiger partial charge < -0.3 is 0 Å². The van der Waals surface area contributed by atoms with E-state index >= 15 is 0 Å². The SMILES string of the molecule is CC(C)[SH]1C=CC=C1. The van der Waals surface area contributed by atoms with Crippen LogP contribution in [0, 0.1) is 0 Å². The van der Waals surface area contributed by atoms with E-state index in [1.54, 1.807) is 0 Å². The van der Waals surface area contributed by atoms with Crippen molar-refractivity contribution in [1.82, 2.24) is 0 Å². The molecule has 0 nitrogen and oxygen atoms in total. The molecule has 0 N–H and O–H groups in total. The molecule has 0 bridgehead atoms. The molecular weight excluding hydrogens is 116 g/mol. The van der Waals surface area contributed by atoms with Gasteiger partial charge in [0.25, 0.3) is 0 Å². The van der Waals surface area contributed by atoms with E-state index in [-0.39, 0.29) is 10.9 Å². The second kappa shape index (κ2) is 2.40. The van der Waals surface area contributed by atoms with E-state index in [9.17, 15) is 0 Å². The summed E-state index contributed by atoms with van der Waals surface area (Å²) in [5.41, 5.74) is 0. The third-order valence-electron chi connectivity index (χ3n) is 1.22. The first-order chi connectivity index (χ1) is 3.80. The zero-order valence-electron chi connectivity index (χ0n) is 5.33. The first kappa shape index (κ1) is 5.96. The minimum atomic E-state index is 0.135. The number of hydrogen-bond donors (Lipinski definition) is 1. The van der Waals surface area contributed by atoms with Crippen molar-refractivity contribution in [2.24, 2.45) is 0 Å². The van der Waals surface area contributed by atoms with Gasteiger partial charge in [-0.15, -0.1) is 0 Å². The minimum Gasteiger partial charge on any atom is -0.211 e. The fraction of sp³-hybridized carbons (Fsp3) is 0.429. The molecule has 1 aliphatic heterocycles. The normalized spacial score (nSPS) is 21.1. The van der Waals surface area contributed by atoms with Crippen LogP contribution in [0.25, 0.3) is 0 Å². The van der Waals surface area contributed by atoms with Crippen molar-refractivity contribution >= 4 is 10.9 Å². The molecule has 1 rings (SSSR count). The average Bonchev–Trinajstić information content (AvgIpc) is 2.12. The fourth-order valence-electron chi connectivity index (χ4n) is 0.692. The summed E-state index contributed by atoms with van der Waals surface area (Å²) in [6, 6.07) is 0. The van der Waals surface area contributed by atoms with Crippen molar-refractivity contribution in [3.8, 4) is 0 Å². The monoisotopic (exact) mass is 128 g/mol. The Hall–Kier alpha value is -0.170. The molecule has 0 aromatic carbocycles. The maximum atomic E-state index is 2.31. The van der Waals surface area contributed by atoms with Crippen molar-refractivity contribution in [2.75, 3.05) is 0 Å². The predicted octanol–water partition coefficient (Wildman–Crippen LogP) is 2.44. The van der Waals surface area contributed by atoms with Crippen molar-refractivity contribution in [1.29, 1.82) is 0 Å². The lowest BCUT2D eigenvalue weighted by molar-refractivity contribution is 1.11. The van der Waals surface area contributed by atoms with Gasteiger partial charge in [-0.25, -0.2) is 10.9 Å². The molecule has 0 saturated heterocycles. The quantitative estimate of drug-likeness (QED) is 0.515. The predicted molar refractivity (Wildman–Crippen MR) is 42.4 cm³/mol. The van der Waals surface area contributed by atoms with Crippen molar-refractivity contribution in [2.45, 2.75) is 19.1 Å². The highest BCUT2D eigenvalue weighted by Gasteiger charge is 2.01. The Morgan fingerprint density at radius 2 is 1.62 bits per heavy atom. The molecule has 0 aromatic rings. The zero-order valence-corrected chi connectivity index (χ0v) is 6.23. The average molecular weight is 128 g/mol. The molecular formula is C7H12S. The first-order valence-corrected chi connectivity index (χ1v) is 4.48. The summed E-state index contributed by atoms with van der Waals surface area (Å²) in [6.45, 7) is 4.54. The first-order valence-electron chi connectivity index (χ1n) is 2.93. The van der Waals surface area contributed by atoms with Crippen LogP contribution in [-0.2, 0) is 0 Å². The Labute approximate surface area is 53.6 Å². The molecule has 0 atom stereocenters. The minimum absolute atomic E-state index is 0.135. The summed E-state index contributed by atoms with van der Waals surface area (Å²) in [5.74, 6) is 0. The van der Waals surface area contributed by atoms with Crippen LogP contribution in [0.1, 0.15) is 13.8 Å². The van der Waals surface area contributed by atoms with Gasteiger partial charge in [-0.05, 0) is 16.1 Å². The standard InChI is InChI=1S/C7H12S/c1-7(2)8-5-3-4-6-8/h3-8H,1-2H3. The third-order valence-corrected chi connectivity index (χ3v) is 3.45. The smallest absolute Gasteiger partial charge is 0.0127 e. The van der Waals surface area contributed by atoms with E-state index in [2.05, 4.69) is 36.8 Å². The van der Waals surface area contributed by atoms with Crippen LogP contribution in [0.15, 0.2) is 23.0 Å². The van der Waals surface area contributed by atoms with Crippen LogP contribution in [0.4, 0.5) is 0 Å². The van der Waals surface area contributed by atoms with Crippen LogP contribution >= 0.6 is 10.9 Å². The number of allylic oxidation sites excluding steroid dienone is 2. The molecule has 0 spiro atoms. The van der Waals surface area contributed by atoms with Crippen LogP contribution in [0.3, 0.4) is 0 Å². The lowest BCUT2D eigenvalue weighted by Crippen LogP contribution is -1.88. The van der Waals surface area contributed by atoms with Gasteiger partial charge in [-0.2, -0.15) is 0 Å². The van der Waals surface area contributed by atoms with E-state index in [0.717, 1.165) is 5.25 Å². The van der Waals surface area contributed by atoms with Crippen LogP contribution in [0.2, 0.25) is 0 Å². The number of hydrogen-bond acceptors (Lipinski definition) is 0. The van der Waals surface area contributed by atoms with Crippen molar-refractivity contribution in [3.05, 3.63) is 23.0 Å². The second-order valence-corrected chi connectivity index (χ2v) is 4.75. The Bertz CT molecular complexity index is 110. The molecule has 0 unspecified atom stereocenters. The summed E-state index contributed by atoms with van der Waals surface area (Å²) in [6.07, 6.45) is 4.29. The van der Waals surface area contributed by atoms with Crippen LogP contribution in [0.5, 0.6) is 0 Å². The van der Waals surface area contributed by atoms with Gasteiger partial charge in [0.15, 0.2) is 0 Å². The summed E-state index contributed by atoms with van der Waals surface area (Å²) in [5, 5.41) is 5.44. The van der Waals surface area contributed by atoms with E-state index in [1.807, 2.05) is 0 Å². The molecule has 0 radical (unpaired) electrons. The van der Waals surface area contributed by atoms with Crippen LogP contribution in [-0.4, -0.2) is 5.25 Å². The summed E-state index contributed by atoms with van der Waals surface area (Å²) >= 11 is 0. The molecule has 1 aliphatic rings. The molecule has 1 heteroatoms. The van der Waals surface area contributed by atoms with Gasteiger partial charge in [0.2, 0.25) is 0 Å². The van der Waals surface area contributed by atoms with E-state index in [0.29, 0.717) is 0 Å². The highest BCUT2D eigenvalue weighted by molar-refractivity contribution is 8.22. The van der Waals surface area contributed by atoms with Gasteiger partial charge >= 0.3 is 0 Å². The molecule has 46 valence electrons. The van der Waals surface area contributed by atoms with Crippen molar-refractivity contribution < 1.29 is 0 Å². The Balaban J connectivity index is 2.49. The van der Waals surface area contributed by atoms with Gasteiger partial charge in [0.1, 0.15) is 0 Å². The number of thiol groups is 1. The molecule has 0 fully saturated rings. The fourth-order valence-corrected chi connectivity index (χ4v) is 2.08. The topological polar surface area (TPSA) is 0 Å². The zero-order chi connectivity index (χ0) is 5.98. The number of rotatable bonds is 1. The molecule has 1 heterocycles. The third kappa shape index (κ3) is 1.16. The van der Waals surface area contributed by atoms with Crippen molar-refractivity contribution in [3.63, 3.8) is 0 Å². The molecule has 0 saturated carbocycles. The largest absolute Gasteiger partial charge is 0.211 e. The van der Waals surface area contributed by atoms with E-state index in [1.165, 1.54) is 0 Å². The van der Waals surface area contributed by atoms with Gasteiger partial charge in [-0.3, -0.25) is 0 Å². The molecule has 0 aromatic heterocycles. The summed E-state index contributed by atoms with van der Waals surface area (Å²) in [4.78, 5) is 0. The maximum Gasteiger partial charge on any atom is -0.0127 e. The van der Waals surface area contributed by atoms with Gasteiger partial charge in [-0.1, -0.05) is 26.0 Å². The Morgan fingerprint density at radius 3 is 1.88 bits per heavy atom. The van der Waals surface area contributed by atoms with Gasteiger partial charge in [0, 0.05) is 0 Å². The lowest BCUT2D eigenvalue weighted by atomic mass is 10.6. The second-order valence-electron chi connectivity index (χ2n) is 2.22.